The van der Waals surface area contributed by atoms with Crippen molar-refractivity contribution in [2.75, 3.05) is 25.5 Å². The van der Waals surface area contributed by atoms with Gasteiger partial charge in [0, 0.05) is 24.1 Å². The van der Waals surface area contributed by atoms with Gasteiger partial charge in [-0.15, -0.1) is 0 Å². The fourth-order valence-electron chi connectivity index (χ4n) is 5.53. The first-order chi connectivity index (χ1) is 19.9. The third-order valence-corrected chi connectivity index (χ3v) is 7.50. The number of carbonyl (C=O) groups excluding carboxylic acids is 3. The van der Waals surface area contributed by atoms with Crippen LogP contribution in [0.25, 0.3) is 0 Å². The Kier molecular flexibility index (Phi) is 9.37. The Morgan fingerprint density at radius 2 is 1.69 bits per heavy atom. The lowest BCUT2D eigenvalue weighted by Crippen LogP contribution is -2.56. The van der Waals surface area contributed by atoms with E-state index in [0.717, 1.165) is 17.7 Å². The number of nitrogens with two attached hydrogens (primary N) is 1. The average molecular weight is 576 g/mol. The molecule has 10 nitrogen and oxygen atoms in total. The summed E-state index contributed by atoms with van der Waals surface area (Å²) in [6.07, 6.45) is 0.561. The summed E-state index contributed by atoms with van der Waals surface area (Å²) in [4.78, 5) is 40.6. The number of ether oxygens (including phenoxy) is 1. The Balaban J connectivity index is 1.59. The fraction of sp³-hybridized carbons (Fsp3) is 0.344. The van der Waals surface area contributed by atoms with Crippen LogP contribution in [0.5, 0.6) is 11.5 Å². The number of phenolic OH excluding ortho intramolecular Hbond substituents is 2. The monoisotopic (exact) mass is 575 g/mol. The van der Waals surface area contributed by atoms with Gasteiger partial charge in [0.1, 0.15) is 24.1 Å². The lowest BCUT2D eigenvalue weighted by atomic mass is 10.0. The Morgan fingerprint density at radius 1 is 1.00 bits per heavy atom. The maximum absolute atomic E-state index is 13.9. The van der Waals surface area contributed by atoms with Crippen molar-refractivity contribution in [3.8, 4) is 11.5 Å². The van der Waals surface area contributed by atoms with E-state index in [-0.39, 0.29) is 30.1 Å². The van der Waals surface area contributed by atoms with Crippen molar-refractivity contribution in [3.63, 3.8) is 0 Å². The zero-order valence-electron chi connectivity index (χ0n) is 24.2. The molecule has 0 spiro atoms. The molecule has 42 heavy (non-hydrogen) atoms. The van der Waals surface area contributed by atoms with Gasteiger partial charge in [0.25, 0.3) is 0 Å². The molecular formula is C32H39N4O6+. The average Bonchev–Trinajstić information content (AvgIpc) is 3.30. The maximum atomic E-state index is 13.9. The standard InChI is InChI=1S/C32H38N4O6/c1-21(2)42-31(40)24-9-11-25(12-10-24)34-32(41)35(29(30(33)39)18-22-7-13-27(37)14-8-22)26-15-16-36(3,20-26)19-23-5-4-6-28(38)17-23/h4-14,17,21,26,29H,15-16,18-20H2,1-3H3,(H4-,33,34,37,38,39,40,41)/p+1/t26-,29+,36?/m1/s1. The van der Waals surface area contributed by atoms with Gasteiger partial charge in [0.05, 0.1) is 37.8 Å². The van der Waals surface area contributed by atoms with E-state index in [1.165, 1.54) is 12.1 Å². The smallest absolute Gasteiger partial charge is 0.338 e. The van der Waals surface area contributed by atoms with Crippen LogP contribution >= 0.6 is 0 Å². The van der Waals surface area contributed by atoms with E-state index in [1.807, 2.05) is 6.07 Å². The fourth-order valence-corrected chi connectivity index (χ4v) is 5.53. The molecule has 5 N–H and O–H groups in total. The first-order valence-electron chi connectivity index (χ1n) is 14.0. The summed E-state index contributed by atoms with van der Waals surface area (Å²) < 4.78 is 5.84. The maximum Gasteiger partial charge on any atom is 0.338 e. The van der Waals surface area contributed by atoms with Gasteiger partial charge in [-0.25, -0.2) is 9.59 Å². The molecule has 4 rings (SSSR count). The molecule has 0 saturated carbocycles. The van der Waals surface area contributed by atoms with Crippen molar-refractivity contribution in [2.45, 2.75) is 51.4 Å². The first kappa shape index (κ1) is 30.4. The summed E-state index contributed by atoms with van der Waals surface area (Å²) >= 11 is 0. The minimum atomic E-state index is -0.952. The van der Waals surface area contributed by atoms with Crippen LogP contribution in [0.4, 0.5) is 10.5 Å². The predicted molar refractivity (Wildman–Crippen MR) is 159 cm³/mol. The van der Waals surface area contributed by atoms with E-state index < -0.39 is 23.9 Å². The number of anilines is 1. The molecule has 1 unspecified atom stereocenters. The number of carbonyl (C=O) groups is 3. The van der Waals surface area contributed by atoms with Gasteiger partial charge in [-0.2, -0.15) is 0 Å². The molecule has 1 aliphatic heterocycles. The Bertz CT molecular complexity index is 1410. The quantitative estimate of drug-likeness (QED) is 0.213. The molecule has 222 valence electrons. The van der Waals surface area contributed by atoms with Crippen molar-refractivity contribution in [2.24, 2.45) is 5.73 Å². The summed E-state index contributed by atoms with van der Waals surface area (Å²) in [6.45, 7) is 5.51. The van der Waals surface area contributed by atoms with Gasteiger partial charge in [-0.1, -0.05) is 24.3 Å². The number of nitrogens with one attached hydrogen (secondary N) is 1. The highest BCUT2D eigenvalue weighted by molar-refractivity contribution is 5.95. The van der Waals surface area contributed by atoms with Crippen LogP contribution in [-0.4, -0.2) is 75.8 Å². The minimum absolute atomic E-state index is 0.0977. The lowest BCUT2D eigenvalue weighted by molar-refractivity contribution is -0.911. The van der Waals surface area contributed by atoms with Gasteiger partial charge in [-0.05, 0) is 67.9 Å². The molecule has 10 heteroatoms. The molecule has 1 heterocycles. The van der Waals surface area contributed by atoms with E-state index in [0.29, 0.717) is 35.2 Å². The highest BCUT2D eigenvalue weighted by Crippen LogP contribution is 2.29. The Hall–Kier alpha value is -4.57. The highest BCUT2D eigenvalue weighted by Gasteiger charge is 2.43. The number of hydrogen-bond donors (Lipinski definition) is 4. The van der Waals surface area contributed by atoms with Gasteiger partial charge < -0.3 is 35.4 Å². The second-order valence-corrected chi connectivity index (χ2v) is 11.5. The van der Waals surface area contributed by atoms with Crippen LogP contribution in [0, 0.1) is 0 Å². The number of nitrogens with zero attached hydrogens (tertiary/aromatic N) is 2. The summed E-state index contributed by atoms with van der Waals surface area (Å²) in [7, 11) is 2.09. The van der Waals surface area contributed by atoms with E-state index >= 15 is 0 Å². The number of urea groups is 1. The van der Waals surface area contributed by atoms with Crippen LogP contribution in [0.15, 0.2) is 72.8 Å². The van der Waals surface area contributed by atoms with E-state index in [9.17, 15) is 24.6 Å². The topological polar surface area (TPSA) is 142 Å². The molecule has 3 atom stereocenters. The molecule has 3 aromatic rings. The lowest BCUT2D eigenvalue weighted by Gasteiger charge is -2.36. The number of primary amides is 1. The van der Waals surface area contributed by atoms with E-state index in [4.69, 9.17) is 10.5 Å². The number of hydrogen-bond acceptors (Lipinski definition) is 6. The summed E-state index contributed by atoms with van der Waals surface area (Å²) in [5.74, 6) is -0.802. The number of rotatable bonds is 10. The number of benzene rings is 3. The normalized spacial score (nSPS) is 18.8. The van der Waals surface area contributed by atoms with Gasteiger partial charge in [0.2, 0.25) is 5.91 Å². The van der Waals surface area contributed by atoms with Crippen LogP contribution < -0.4 is 11.1 Å². The van der Waals surface area contributed by atoms with Crippen molar-refractivity contribution in [1.29, 1.82) is 0 Å². The number of quaternary nitrogens is 1. The summed E-state index contributed by atoms with van der Waals surface area (Å²) in [6, 6.07) is 18.2. The number of esters is 1. The number of amides is 3. The van der Waals surface area contributed by atoms with Crippen LogP contribution in [-0.2, 0) is 22.5 Å². The molecule has 1 fully saturated rings. The van der Waals surface area contributed by atoms with Crippen LogP contribution in [0.2, 0.25) is 0 Å². The van der Waals surface area contributed by atoms with Gasteiger partial charge in [0.15, 0.2) is 0 Å². The highest BCUT2D eigenvalue weighted by atomic mass is 16.5. The molecular weight excluding hydrogens is 536 g/mol. The van der Waals surface area contributed by atoms with E-state index in [1.54, 1.807) is 73.3 Å². The zero-order valence-corrected chi connectivity index (χ0v) is 24.2. The molecule has 3 amide bonds. The first-order valence-corrected chi connectivity index (χ1v) is 14.0. The van der Waals surface area contributed by atoms with Crippen LogP contribution in [0.1, 0.15) is 41.8 Å². The van der Waals surface area contributed by atoms with Crippen molar-refractivity contribution in [3.05, 3.63) is 89.5 Å². The van der Waals surface area contributed by atoms with Gasteiger partial charge >= 0.3 is 12.0 Å². The van der Waals surface area contributed by atoms with E-state index in [2.05, 4.69) is 12.4 Å². The number of phenols is 2. The number of likely N-dealkylation sites (tertiary alicyclic amines) is 1. The Labute approximate surface area is 245 Å². The molecule has 0 bridgehead atoms. The SMILES string of the molecule is CC(C)OC(=O)c1ccc(NC(=O)N([C@@H]2CC[N+](C)(Cc3cccc(O)c3)C2)[C@@H](Cc2ccc(O)cc2)C(N)=O)cc1. The molecule has 1 saturated heterocycles. The molecule has 0 aliphatic carbocycles. The van der Waals surface area contributed by atoms with Crippen molar-refractivity contribution in [1.82, 2.24) is 4.90 Å². The second-order valence-electron chi connectivity index (χ2n) is 11.5. The minimum Gasteiger partial charge on any atom is -0.508 e. The van der Waals surface area contributed by atoms with Crippen molar-refractivity contribution >= 4 is 23.6 Å². The number of likely N-dealkylation sites (N-methyl/N-ethyl adjacent to an activating group) is 1. The molecule has 0 aromatic heterocycles. The third-order valence-electron chi connectivity index (χ3n) is 7.50. The second kappa shape index (κ2) is 12.9. The molecule has 1 aliphatic rings. The predicted octanol–water partition coefficient (Wildman–Crippen LogP) is 4.01. The largest absolute Gasteiger partial charge is 0.508 e. The van der Waals surface area contributed by atoms with Crippen LogP contribution in [0.3, 0.4) is 0 Å². The zero-order chi connectivity index (χ0) is 30.4. The third kappa shape index (κ3) is 7.79. The Morgan fingerprint density at radius 3 is 2.31 bits per heavy atom. The summed E-state index contributed by atoms with van der Waals surface area (Å²) in [5, 5.41) is 22.5. The van der Waals surface area contributed by atoms with Crippen molar-refractivity contribution < 1.29 is 33.8 Å². The molecule has 0 radical (unpaired) electrons. The molecule has 3 aromatic carbocycles. The summed E-state index contributed by atoms with van der Waals surface area (Å²) in [5.41, 5.74) is 8.45. The number of aromatic hydroxyl groups is 2. The van der Waals surface area contributed by atoms with Gasteiger partial charge in [-0.3, -0.25) is 4.79 Å².